The van der Waals surface area contributed by atoms with Gasteiger partial charge in [0.05, 0.1) is 23.9 Å². The highest BCUT2D eigenvalue weighted by Crippen LogP contribution is 2.32. The highest BCUT2D eigenvalue weighted by atomic mass is 16.7. The maximum atomic E-state index is 11.9. The second kappa shape index (κ2) is 12.6. The van der Waals surface area contributed by atoms with Crippen molar-refractivity contribution in [3.63, 3.8) is 0 Å². The van der Waals surface area contributed by atoms with Crippen molar-refractivity contribution in [2.24, 2.45) is 17.8 Å². The van der Waals surface area contributed by atoms with Crippen LogP contribution in [0.3, 0.4) is 0 Å². The quantitative estimate of drug-likeness (QED) is 0.283. The first-order chi connectivity index (χ1) is 15.2. The molecule has 2 rings (SSSR count). The summed E-state index contributed by atoms with van der Waals surface area (Å²) in [5.41, 5.74) is 0.802. The van der Waals surface area contributed by atoms with Crippen LogP contribution in [0.4, 0.5) is 0 Å². The van der Waals surface area contributed by atoms with E-state index in [2.05, 4.69) is 16.5 Å². The number of aliphatic carboxylic acids is 1. The Kier molecular flexibility index (Phi) is 10.2. The Balaban J connectivity index is 1.72. The summed E-state index contributed by atoms with van der Waals surface area (Å²) in [5.74, 6) is -1.77. The summed E-state index contributed by atoms with van der Waals surface area (Å²) in [7, 11) is 0. The molecule has 1 N–H and O–H groups in total. The lowest BCUT2D eigenvalue weighted by Gasteiger charge is -2.26. The van der Waals surface area contributed by atoms with Crippen molar-refractivity contribution >= 4 is 17.9 Å². The Hall–Kier alpha value is -2.38. The van der Waals surface area contributed by atoms with Gasteiger partial charge in [-0.2, -0.15) is 0 Å². The molecule has 1 aromatic heterocycles. The molecule has 0 saturated heterocycles. The van der Waals surface area contributed by atoms with Crippen LogP contribution in [0.1, 0.15) is 90.8 Å². The van der Waals surface area contributed by atoms with Gasteiger partial charge in [0, 0.05) is 32.0 Å². The molecule has 0 aliphatic heterocycles. The number of ether oxygens (including phenoxy) is 2. The van der Waals surface area contributed by atoms with Crippen molar-refractivity contribution in [3.05, 3.63) is 18.2 Å². The maximum Gasteiger partial charge on any atom is 0.311 e. The Morgan fingerprint density at radius 3 is 2.44 bits per heavy atom. The van der Waals surface area contributed by atoms with E-state index in [1.54, 1.807) is 13.8 Å². The molecule has 1 aliphatic carbocycles. The average Bonchev–Trinajstić information content (AvgIpc) is 3.19. The van der Waals surface area contributed by atoms with Gasteiger partial charge in [-0.25, -0.2) is 4.98 Å². The van der Waals surface area contributed by atoms with Crippen LogP contribution in [0.2, 0.25) is 0 Å². The Morgan fingerprint density at radius 1 is 1.12 bits per heavy atom. The van der Waals surface area contributed by atoms with E-state index in [1.807, 2.05) is 12.5 Å². The Morgan fingerprint density at radius 2 is 1.81 bits per heavy atom. The van der Waals surface area contributed by atoms with Gasteiger partial charge in [0.25, 0.3) is 0 Å². The number of hydrogen-bond donors (Lipinski definition) is 1. The SMILES string of the molecule is CC1CCC(n2cnc(C[C@H](CCCCC(=O)O[C@@H](C)OC(=O)C(C)C)C(=O)O)c2)CC1. The van der Waals surface area contributed by atoms with Crippen LogP contribution in [-0.2, 0) is 30.3 Å². The lowest BCUT2D eigenvalue weighted by Crippen LogP contribution is -2.24. The molecular formula is C24H38N2O6. The number of imidazole rings is 1. The minimum Gasteiger partial charge on any atom is -0.481 e. The van der Waals surface area contributed by atoms with E-state index in [4.69, 9.17) is 9.47 Å². The molecule has 180 valence electrons. The van der Waals surface area contributed by atoms with Gasteiger partial charge in [0.2, 0.25) is 6.29 Å². The molecule has 1 fully saturated rings. The maximum absolute atomic E-state index is 11.9. The number of carbonyl (C=O) groups is 3. The standard InChI is InChI=1S/C24H38N2O6/c1-16(2)24(30)32-18(4)31-22(27)8-6-5-7-19(23(28)29)13-20-14-26(15-25-20)21-11-9-17(3)10-12-21/h14-19,21H,5-13H2,1-4H3,(H,28,29)/t17?,18-,19+,21?/m1/s1. The fourth-order valence-corrected chi connectivity index (χ4v) is 4.02. The summed E-state index contributed by atoms with van der Waals surface area (Å²) in [6, 6.07) is 0.462. The minimum atomic E-state index is -0.924. The van der Waals surface area contributed by atoms with E-state index >= 15 is 0 Å². The lowest BCUT2D eigenvalue weighted by atomic mass is 9.87. The highest BCUT2D eigenvalue weighted by Gasteiger charge is 2.23. The van der Waals surface area contributed by atoms with Gasteiger partial charge >= 0.3 is 17.9 Å². The fraction of sp³-hybridized carbons (Fsp3) is 0.750. The number of esters is 2. The smallest absolute Gasteiger partial charge is 0.311 e. The van der Waals surface area contributed by atoms with Crippen LogP contribution in [-0.4, -0.2) is 38.9 Å². The molecule has 2 atom stereocenters. The number of nitrogens with zero attached hydrogens (tertiary/aromatic N) is 2. The summed E-state index contributed by atoms with van der Waals surface area (Å²) < 4.78 is 12.2. The van der Waals surface area contributed by atoms with Gasteiger partial charge in [0.1, 0.15) is 0 Å². The van der Waals surface area contributed by atoms with E-state index in [9.17, 15) is 19.5 Å². The number of unbranched alkanes of at least 4 members (excludes halogenated alkanes) is 1. The first kappa shape index (κ1) is 25.9. The summed E-state index contributed by atoms with van der Waals surface area (Å²) in [4.78, 5) is 39.6. The van der Waals surface area contributed by atoms with Crippen LogP contribution >= 0.6 is 0 Å². The van der Waals surface area contributed by atoms with E-state index < -0.39 is 30.1 Å². The van der Waals surface area contributed by atoms with Crippen LogP contribution < -0.4 is 0 Å². The second-order valence-corrected chi connectivity index (χ2v) is 9.36. The first-order valence-electron chi connectivity index (χ1n) is 11.8. The van der Waals surface area contributed by atoms with Crippen molar-refractivity contribution in [2.45, 2.75) is 97.8 Å². The average molecular weight is 451 g/mol. The molecule has 0 spiro atoms. The summed E-state index contributed by atoms with van der Waals surface area (Å²) >= 11 is 0. The molecule has 0 aromatic carbocycles. The number of carbonyl (C=O) groups excluding carboxylic acids is 2. The van der Waals surface area contributed by atoms with Crippen molar-refractivity contribution in [2.75, 3.05) is 0 Å². The van der Waals surface area contributed by atoms with Crippen molar-refractivity contribution in [3.8, 4) is 0 Å². The predicted octanol–water partition coefficient (Wildman–Crippen LogP) is 4.53. The van der Waals surface area contributed by atoms with E-state index in [-0.39, 0.29) is 12.3 Å². The third-order valence-electron chi connectivity index (χ3n) is 6.10. The summed E-state index contributed by atoms with van der Waals surface area (Å²) in [6.07, 6.45) is 9.74. The van der Waals surface area contributed by atoms with Gasteiger partial charge in [-0.3, -0.25) is 14.4 Å². The monoisotopic (exact) mass is 450 g/mol. The minimum absolute atomic E-state index is 0.157. The predicted molar refractivity (Wildman–Crippen MR) is 119 cm³/mol. The van der Waals surface area contributed by atoms with Crippen LogP contribution in [0, 0.1) is 17.8 Å². The normalized spacial score (nSPS) is 20.5. The van der Waals surface area contributed by atoms with E-state index in [1.165, 1.54) is 19.8 Å². The molecule has 0 unspecified atom stereocenters. The Bertz CT molecular complexity index is 751. The summed E-state index contributed by atoms with van der Waals surface area (Å²) in [5, 5.41) is 9.60. The van der Waals surface area contributed by atoms with E-state index in [0.29, 0.717) is 31.7 Å². The molecule has 0 bridgehead atoms. The van der Waals surface area contributed by atoms with Gasteiger partial charge in [-0.05, 0) is 44.4 Å². The topological polar surface area (TPSA) is 108 Å². The number of aromatic nitrogens is 2. The summed E-state index contributed by atoms with van der Waals surface area (Å²) in [6.45, 7) is 7.20. The zero-order valence-corrected chi connectivity index (χ0v) is 19.8. The molecule has 8 heteroatoms. The van der Waals surface area contributed by atoms with Crippen LogP contribution in [0.15, 0.2) is 12.5 Å². The third-order valence-corrected chi connectivity index (χ3v) is 6.10. The molecule has 1 aliphatic rings. The Labute approximate surface area is 190 Å². The number of hydrogen-bond acceptors (Lipinski definition) is 6. The molecule has 1 aromatic rings. The fourth-order valence-electron chi connectivity index (χ4n) is 4.02. The van der Waals surface area contributed by atoms with Gasteiger partial charge in [0.15, 0.2) is 0 Å². The molecule has 1 saturated carbocycles. The molecule has 32 heavy (non-hydrogen) atoms. The largest absolute Gasteiger partial charge is 0.481 e. The zero-order valence-electron chi connectivity index (χ0n) is 19.8. The molecule has 0 amide bonds. The first-order valence-corrected chi connectivity index (χ1v) is 11.8. The molecule has 0 radical (unpaired) electrons. The third kappa shape index (κ3) is 8.63. The van der Waals surface area contributed by atoms with Gasteiger partial charge in [-0.15, -0.1) is 0 Å². The van der Waals surface area contributed by atoms with Crippen molar-refractivity contribution in [1.29, 1.82) is 0 Å². The zero-order chi connectivity index (χ0) is 23.7. The van der Waals surface area contributed by atoms with Crippen LogP contribution in [0.5, 0.6) is 0 Å². The number of carboxylic acid groups (broad SMARTS) is 1. The number of rotatable bonds is 12. The van der Waals surface area contributed by atoms with Gasteiger partial charge < -0.3 is 19.1 Å². The second-order valence-electron chi connectivity index (χ2n) is 9.36. The highest BCUT2D eigenvalue weighted by molar-refractivity contribution is 5.72. The van der Waals surface area contributed by atoms with E-state index in [0.717, 1.165) is 24.5 Å². The molecule has 1 heterocycles. The van der Waals surface area contributed by atoms with Crippen LogP contribution in [0.25, 0.3) is 0 Å². The van der Waals surface area contributed by atoms with Gasteiger partial charge in [-0.1, -0.05) is 27.2 Å². The van der Waals surface area contributed by atoms with Crippen molar-refractivity contribution in [1.82, 2.24) is 9.55 Å². The molecule has 8 nitrogen and oxygen atoms in total. The van der Waals surface area contributed by atoms with Crippen molar-refractivity contribution < 1.29 is 29.0 Å². The molecular weight excluding hydrogens is 412 g/mol. The lowest BCUT2D eigenvalue weighted by molar-refractivity contribution is -0.186. The number of carboxylic acids is 1.